The van der Waals surface area contributed by atoms with E-state index in [2.05, 4.69) is 20.0 Å². The van der Waals surface area contributed by atoms with Crippen LogP contribution in [0.3, 0.4) is 0 Å². The van der Waals surface area contributed by atoms with Crippen LogP contribution in [0.1, 0.15) is 43.4 Å². The highest BCUT2D eigenvalue weighted by atomic mass is 35.5. The van der Waals surface area contributed by atoms with Crippen molar-refractivity contribution in [3.05, 3.63) is 46.6 Å². The first-order valence-corrected chi connectivity index (χ1v) is 16.7. The SMILES string of the molecule is CN1C(=O)C2C3CCC(CN2c2c4c(nc(OCC56CCCN5CC(F)C6)c21)CN(c1cc(O)cc2cccc(Cl)c12)CC4)N3. The predicted octanol–water partition coefficient (Wildman–Crippen LogP) is 4.40. The molecule has 45 heavy (non-hydrogen) atoms. The van der Waals surface area contributed by atoms with E-state index in [1.807, 2.05) is 25.2 Å². The molecule has 11 heteroatoms. The summed E-state index contributed by atoms with van der Waals surface area (Å²) in [5, 5.41) is 16.8. The number of phenolic OH excluding ortho intramolecular Hbond substituents is 1. The van der Waals surface area contributed by atoms with Gasteiger partial charge in [-0.3, -0.25) is 9.69 Å². The summed E-state index contributed by atoms with van der Waals surface area (Å²) in [6.07, 6.45) is 4.32. The normalized spacial score (nSPS) is 30.5. The van der Waals surface area contributed by atoms with Gasteiger partial charge in [0.05, 0.1) is 34.2 Å². The van der Waals surface area contributed by atoms with Crippen LogP contribution in [0.15, 0.2) is 30.3 Å². The number of pyridine rings is 1. The van der Waals surface area contributed by atoms with Crippen molar-refractivity contribution in [3.63, 3.8) is 0 Å². The van der Waals surface area contributed by atoms with Crippen molar-refractivity contribution in [1.29, 1.82) is 0 Å². The molecule has 9 rings (SSSR count). The van der Waals surface area contributed by atoms with E-state index in [1.165, 1.54) is 0 Å². The Labute approximate surface area is 266 Å². The number of halogens is 2. The number of aromatic hydroxyl groups is 1. The number of likely N-dealkylation sites (N-methyl/N-ethyl adjacent to an activating group) is 1. The molecule has 236 valence electrons. The van der Waals surface area contributed by atoms with E-state index in [1.54, 1.807) is 17.0 Å². The van der Waals surface area contributed by atoms with Gasteiger partial charge in [0.15, 0.2) is 0 Å². The Morgan fingerprint density at radius 1 is 1.20 bits per heavy atom. The van der Waals surface area contributed by atoms with Gasteiger partial charge in [0.1, 0.15) is 30.3 Å². The van der Waals surface area contributed by atoms with Crippen LogP contribution in [0.25, 0.3) is 10.8 Å². The second-order valence-corrected chi connectivity index (χ2v) is 14.3. The van der Waals surface area contributed by atoms with Gasteiger partial charge in [-0.1, -0.05) is 23.7 Å². The first kappa shape index (κ1) is 27.9. The van der Waals surface area contributed by atoms with Crippen LogP contribution in [-0.2, 0) is 17.8 Å². The number of hydrogen-bond acceptors (Lipinski definition) is 8. The second-order valence-electron chi connectivity index (χ2n) is 13.9. The zero-order valence-electron chi connectivity index (χ0n) is 25.4. The number of aromatic nitrogens is 1. The standard InChI is InChI=1S/C34H38ClFN6O3/c1-39-31-29(42-16-21-6-7-25(37-21)30(42)33(39)44)23-8-11-40(27-13-22(43)12-19-4-2-5-24(35)28(19)27)17-26(23)38-32(31)45-18-34-9-3-10-41(34)15-20(36)14-34/h2,4-5,12-13,20-21,25,30,37,43H,3,6-11,14-18H2,1H3. The number of ether oxygens (including phenoxy) is 1. The number of rotatable bonds is 4. The number of phenols is 1. The number of carbonyl (C=O) groups excluding carboxylic acids is 1. The summed E-state index contributed by atoms with van der Waals surface area (Å²) < 4.78 is 21.3. The van der Waals surface area contributed by atoms with Crippen LogP contribution in [0.4, 0.5) is 21.5 Å². The first-order valence-electron chi connectivity index (χ1n) is 16.3. The molecule has 9 nitrogen and oxygen atoms in total. The molecule has 1 aromatic heterocycles. The number of anilines is 3. The average molecular weight is 633 g/mol. The molecule has 0 aliphatic carbocycles. The molecule has 6 aliphatic heterocycles. The molecule has 5 unspecified atom stereocenters. The Morgan fingerprint density at radius 3 is 2.98 bits per heavy atom. The number of amides is 1. The molecule has 1 amide bonds. The topological polar surface area (TPSA) is 84.4 Å². The fourth-order valence-corrected chi connectivity index (χ4v) is 9.62. The van der Waals surface area contributed by atoms with Crippen LogP contribution >= 0.6 is 11.6 Å². The van der Waals surface area contributed by atoms with Crippen LogP contribution in [0.5, 0.6) is 11.6 Å². The summed E-state index contributed by atoms with van der Waals surface area (Å²) in [7, 11) is 1.85. The summed E-state index contributed by atoms with van der Waals surface area (Å²) in [5.41, 5.74) is 4.40. The van der Waals surface area contributed by atoms with Gasteiger partial charge in [0.2, 0.25) is 5.88 Å². The quantitative estimate of drug-likeness (QED) is 0.438. The molecule has 0 spiro atoms. The third kappa shape index (κ3) is 4.17. The number of piperazine rings is 1. The minimum atomic E-state index is -0.849. The van der Waals surface area contributed by atoms with Gasteiger partial charge < -0.3 is 29.9 Å². The number of benzene rings is 2. The van der Waals surface area contributed by atoms with Crippen LogP contribution < -0.4 is 24.8 Å². The minimum absolute atomic E-state index is 0.0654. The van der Waals surface area contributed by atoms with Crippen LogP contribution in [0, 0.1) is 0 Å². The van der Waals surface area contributed by atoms with Gasteiger partial charge in [0.25, 0.3) is 5.91 Å². The minimum Gasteiger partial charge on any atom is -0.508 e. The number of carbonyl (C=O) groups is 1. The fraction of sp³-hybridized carbons (Fsp3) is 0.529. The lowest BCUT2D eigenvalue weighted by molar-refractivity contribution is -0.120. The maximum Gasteiger partial charge on any atom is 0.251 e. The number of hydrogen-bond donors (Lipinski definition) is 2. The molecule has 0 saturated carbocycles. The van der Waals surface area contributed by atoms with E-state index in [-0.39, 0.29) is 29.3 Å². The Hall–Kier alpha value is -3.34. The lowest BCUT2D eigenvalue weighted by Gasteiger charge is -2.49. The molecule has 3 aromatic rings. The molecule has 4 saturated heterocycles. The first-order chi connectivity index (χ1) is 21.8. The van der Waals surface area contributed by atoms with Crippen molar-refractivity contribution in [2.45, 2.75) is 74.9 Å². The van der Waals surface area contributed by atoms with Gasteiger partial charge in [-0.25, -0.2) is 9.37 Å². The molecule has 0 radical (unpaired) electrons. The maximum absolute atomic E-state index is 14.7. The summed E-state index contributed by atoms with van der Waals surface area (Å²) in [6, 6.07) is 9.46. The van der Waals surface area contributed by atoms with Gasteiger partial charge in [-0.2, -0.15) is 0 Å². The zero-order chi connectivity index (χ0) is 30.6. The average Bonchev–Trinajstić information content (AvgIpc) is 3.68. The maximum atomic E-state index is 14.7. The number of nitrogens with zero attached hydrogens (tertiary/aromatic N) is 5. The predicted molar refractivity (Wildman–Crippen MR) is 173 cm³/mol. The summed E-state index contributed by atoms with van der Waals surface area (Å²) in [6.45, 7) is 3.68. The molecule has 2 bridgehead atoms. The summed E-state index contributed by atoms with van der Waals surface area (Å²) >= 11 is 6.73. The van der Waals surface area contributed by atoms with Crippen molar-refractivity contribution >= 4 is 45.3 Å². The summed E-state index contributed by atoms with van der Waals surface area (Å²) in [5.74, 6) is 0.707. The van der Waals surface area contributed by atoms with Crippen molar-refractivity contribution in [2.75, 3.05) is 54.5 Å². The van der Waals surface area contributed by atoms with E-state index < -0.39 is 6.17 Å². The number of alkyl halides is 1. The van der Waals surface area contributed by atoms with Crippen molar-refractivity contribution < 1.29 is 19.0 Å². The number of nitrogens with one attached hydrogen (secondary N) is 1. The lowest BCUT2D eigenvalue weighted by Crippen LogP contribution is -2.66. The van der Waals surface area contributed by atoms with Gasteiger partial charge in [-0.05, 0) is 56.2 Å². The van der Waals surface area contributed by atoms with Crippen LogP contribution in [0.2, 0.25) is 5.02 Å². The molecule has 6 aliphatic rings. The van der Waals surface area contributed by atoms with Gasteiger partial charge in [-0.15, -0.1) is 0 Å². The molecule has 7 heterocycles. The Bertz CT molecular complexity index is 1740. The van der Waals surface area contributed by atoms with Crippen LogP contribution in [-0.4, -0.2) is 90.6 Å². The highest BCUT2D eigenvalue weighted by Gasteiger charge is 2.52. The Morgan fingerprint density at radius 2 is 2.09 bits per heavy atom. The Balaban J connectivity index is 1.16. The highest BCUT2D eigenvalue weighted by molar-refractivity contribution is 6.36. The van der Waals surface area contributed by atoms with Gasteiger partial charge >= 0.3 is 0 Å². The third-order valence-corrected chi connectivity index (χ3v) is 11.7. The van der Waals surface area contributed by atoms with Crippen molar-refractivity contribution in [2.24, 2.45) is 0 Å². The van der Waals surface area contributed by atoms with Crippen molar-refractivity contribution in [1.82, 2.24) is 15.2 Å². The van der Waals surface area contributed by atoms with Crippen molar-refractivity contribution in [3.8, 4) is 11.6 Å². The van der Waals surface area contributed by atoms with E-state index >= 15 is 0 Å². The number of fused-ring (bicyclic) bond motifs is 10. The molecule has 2 aromatic carbocycles. The third-order valence-electron chi connectivity index (χ3n) is 11.4. The smallest absolute Gasteiger partial charge is 0.251 e. The molecule has 5 atom stereocenters. The molecule has 2 N–H and O–H groups in total. The molecule has 4 fully saturated rings. The van der Waals surface area contributed by atoms with E-state index in [9.17, 15) is 14.3 Å². The van der Waals surface area contributed by atoms with Gasteiger partial charge in [0, 0.05) is 62.2 Å². The zero-order valence-corrected chi connectivity index (χ0v) is 26.2. The van der Waals surface area contributed by atoms with E-state index in [0.29, 0.717) is 49.6 Å². The Kier molecular flexibility index (Phi) is 6.25. The summed E-state index contributed by atoms with van der Waals surface area (Å²) in [4.78, 5) is 27.8. The lowest BCUT2D eigenvalue weighted by atomic mass is 9.92. The highest BCUT2D eigenvalue weighted by Crippen LogP contribution is 2.50. The van der Waals surface area contributed by atoms with E-state index in [0.717, 1.165) is 84.3 Å². The van der Waals surface area contributed by atoms with E-state index in [4.69, 9.17) is 21.3 Å². The molecular formula is C34H38ClFN6O3. The fourth-order valence-electron chi connectivity index (χ4n) is 9.34. The second kappa shape index (κ2) is 10.1. The monoisotopic (exact) mass is 632 g/mol. The molecular weight excluding hydrogens is 595 g/mol. The largest absolute Gasteiger partial charge is 0.508 e.